The highest BCUT2D eigenvalue weighted by Gasteiger charge is 2.09. The topological polar surface area (TPSA) is 80.2 Å². The first-order valence-corrected chi connectivity index (χ1v) is 9.71. The third-order valence-corrected chi connectivity index (χ3v) is 4.84. The Labute approximate surface area is 180 Å². The van der Waals surface area contributed by atoms with Gasteiger partial charge in [-0.1, -0.05) is 24.3 Å². The number of aromatic nitrogens is 2. The quantitative estimate of drug-likeness (QED) is 0.422. The lowest BCUT2D eigenvalue weighted by molar-refractivity contribution is 0.295. The van der Waals surface area contributed by atoms with Gasteiger partial charge in [0.25, 0.3) is 0 Å². The van der Waals surface area contributed by atoms with Crippen molar-refractivity contribution in [2.75, 3.05) is 14.2 Å². The van der Waals surface area contributed by atoms with Crippen molar-refractivity contribution in [2.45, 2.75) is 6.61 Å². The summed E-state index contributed by atoms with van der Waals surface area (Å²) in [6, 6.07) is 23.0. The summed E-state index contributed by atoms with van der Waals surface area (Å²) in [7, 11) is 3.25. The number of allylic oxidation sites excluding steroid dienone is 1. The molecule has 0 bridgehead atoms. The van der Waals surface area contributed by atoms with Crippen molar-refractivity contribution in [3.63, 3.8) is 0 Å². The van der Waals surface area contributed by atoms with Crippen LogP contribution in [-0.4, -0.2) is 24.2 Å². The summed E-state index contributed by atoms with van der Waals surface area (Å²) in [6.07, 6.45) is 1.80. The molecule has 1 N–H and O–H groups in total. The number of benzene rings is 3. The Morgan fingerprint density at radius 3 is 2.48 bits per heavy atom. The van der Waals surface area contributed by atoms with Crippen LogP contribution in [0.3, 0.4) is 0 Å². The smallest absolute Gasteiger partial charge is 0.149 e. The molecule has 0 saturated heterocycles. The molecule has 0 unspecified atom stereocenters. The van der Waals surface area contributed by atoms with E-state index in [4.69, 9.17) is 14.2 Å². The number of aromatic amines is 1. The molecule has 0 radical (unpaired) electrons. The predicted molar refractivity (Wildman–Crippen MR) is 120 cm³/mol. The van der Waals surface area contributed by atoms with E-state index >= 15 is 0 Å². The van der Waals surface area contributed by atoms with Crippen molar-refractivity contribution < 1.29 is 14.2 Å². The van der Waals surface area contributed by atoms with E-state index in [1.807, 2.05) is 66.7 Å². The van der Waals surface area contributed by atoms with Crippen LogP contribution < -0.4 is 14.2 Å². The minimum atomic E-state index is 0.345. The highest BCUT2D eigenvalue weighted by atomic mass is 16.5. The SMILES string of the molecule is COc1ccc(OC)c(COc2ccc(/C=C(\C#N)c3nc4ccccc4[nH]3)cc2)c1. The van der Waals surface area contributed by atoms with Gasteiger partial charge in [0.1, 0.15) is 35.7 Å². The van der Waals surface area contributed by atoms with Crippen LogP contribution in [0.15, 0.2) is 66.7 Å². The molecule has 31 heavy (non-hydrogen) atoms. The number of nitriles is 1. The average Bonchev–Trinajstić information content (AvgIpc) is 3.25. The Balaban J connectivity index is 1.49. The van der Waals surface area contributed by atoms with Gasteiger partial charge in [-0.3, -0.25) is 0 Å². The fourth-order valence-corrected chi connectivity index (χ4v) is 3.22. The molecular formula is C25H21N3O3. The lowest BCUT2D eigenvalue weighted by Gasteiger charge is -2.12. The van der Waals surface area contributed by atoms with Crippen LogP contribution in [-0.2, 0) is 6.61 Å². The first-order valence-electron chi connectivity index (χ1n) is 9.71. The Bertz CT molecular complexity index is 1230. The molecule has 4 rings (SSSR count). The Kier molecular flexibility index (Phi) is 5.86. The van der Waals surface area contributed by atoms with E-state index in [-0.39, 0.29) is 0 Å². The number of methoxy groups -OCH3 is 2. The van der Waals surface area contributed by atoms with Gasteiger partial charge in [0.2, 0.25) is 0 Å². The first kappa shape index (κ1) is 20.0. The van der Waals surface area contributed by atoms with Crippen LogP contribution in [0.1, 0.15) is 17.0 Å². The highest BCUT2D eigenvalue weighted by Crippen LogP contribution is 2.26. The predicted octanol–water partition coefficient (Wildman–Crippen LogP) is 5.22. The van der Waals surface area contributed by atoms with Gasteiger partial charge < -0.3 is 19.2 Å². The van der Waals surface area contributed by atoms with E-state index in [1.165, 1.54) is 0 Å². The van der Waals surface area contributed by atoms with Gasteiger partial charge in [0.05, 0.1) is 30.8 Å². The number of rotatable bonds is 7. The standard InChI is InChI=1S/C25H21N3O3/c1-29-21-11-12-24(30-2)19(14-21)16-31-20-9-7-17(8-10-20)13-18(15-26)25-27-22-5-3-4-6-23(22)28-25/h3-14H,16H2,1-2H3,(H,27,28)/b18-13+. The second-order valence-electron chi connectivity index (χ2n) is 6.81. The maximum absolute atomic E-state index is 9.60. The van der Waals surface area contributed by atoms with Crippen molar-refractivity contribution in [3.8, 4) is 23.3 Å². The maximum Gasteiger partial charge on any atom is 0.149 e. The van der Waals surface area contributed by atoms with Crippen molar-refractivity contribution in [1.29, 1.82) is 5.26 Å². The maximum atomic E-state index is 9.60. The van der Waals surface area contributed by atoms with Gasteiger partial charge in [-0.05, 0) is 54.1 Å². The fourth-order valence-electron chi connectivity index (χ4n) is 3.22. The molecule has 1 aromatic heterocycles. The number of nitrogens with one attached hydrogen (secondary N) is 1. The average molecular weight is 411 g/mol. The molecule has 4 aromatic rings. The van der Waals surface area contributed by atoms with Crippen LogP contribution in [0, 0.1) is 11.3 Å². The van der Waals surface area contributed by atoms with E-state index in [9.17, 15) is 5.26 Å². The van der Waals surface area contributed by atoms with E-state index in [1.54, 1.807) is 20.3 Å². The molecule has 0 spiro atoms. The summed E-state index contributed by atoms with van der Waals surface area (Å²) in [5.74, 6) is 2.75. The number of ether oxygens (including phenoxy) is 3. The normalized spacial score (nSPS) is 11.2. The molecule has 154 valence electrons. The second-order valence-corrected chi connectivity index (χ2v) is 6.81. The zero-order valence-electron chi connectivity index (χ0n) is 17.3. The van der Waals surface area contributed by atoms with Gasteiger partial charge in [-0.15, -0.1) is 0 Å². The summed E-state index contributed by atoms with van der Waals surface area (Å²) in [5.41, 5.74) is 3.96. The fraction of sp³-hybridized carbons (Fsp3) is 0.120. The van der Waals surface area contributed by atoms with Gasteiger partial charge in [-0.25, -0.2) is 4.98 Å². The molecule has 0 aliphatic rings. The molecule has 0 atom stereocenters. The molecule has 1 heterocycles. The lowest BCUT2D eigenvalue weighted by Crippen LogP contribution is -1.99. The number of hydrogen-bond donors (Lipinski definition) is 1. The van der Waals surface area contributed by atoms with E-state index < -0.39 is 0 Å². The van der Waals surface area contributed by atoms with Gasteiger partial charge in [-0.2, -0.15) is 5.26 Å². The van der Waals surface area contributed by atoms with Crippen LogP contribution in [0.25, 0.3) is 22.7 Å². The van der Waals surface area contributed by atoms with Gasteiger partial charge >= 0.3 is 0 Å². The Hall–Kier alpha value is -4.24. The van der Waals surface area contributed by atoms with Crippen LogP contribution >= 0.6 is 0 Å². The number of H-pyrrole nitrogens is 1. The zero-order chi connectivity index (χ0) is 21.6. The van der Waals surface area contributed by atoms with Crippen LogP contribution in [0.2, 0.25) is 0 Å². The third kappa shape index (κ3) is 4.51. The molecule has 6 heteroatoms. The van der Waals surface area contributed by atoms with Crippen molar-refractivity contribution in [2.24, 2.45) is 0 Å². The minimum Gasteiger partial charge on any atom is -0.497 e. The largest absolute Gasteiger partial charge is 0.497 e. The number of nitrogens with zero attached hydrogens (tertiary/aromatic N) is 2. The van der Waals surface area contributed by atoms with Crippen LogP contribution in [0.5, 0.6) is 17.2 Å². The second kappa shape index (κ2) is 9.06. The zero-order valence-corrected chi connectivity index (χ0v) is 17.3. The molecule has 0 saturated carbocycles. The van der Waals surface area contributed by atoms with Crippen molar-refractivity contribution >= 4 is 22.7 Å². The lowest BCUT2D eigenvalue weighted by atomic mass is 10.1. The number of fused-ring (bicyclic) bond motifs is 1. The summed E-state index contributed by atoms with van der Waals surface area (Å²) < 4.78 is 16.6. The Morgan fingerprint density at radius 2 is 1.77 bits per heavy atom. The summed E-state index contributed by atoms with van der Waals surface area (Å²) in [5, 5.41) is 9.60. The summed E-state index contributed by atoms with van der Waals surface area (Å²) in [6.45, 7) is 0.345. The third-order valence-electron chi connectivity index (χ3n) is 4.84. The number of hydrogen-bond acceptors (Lipinski definition) is 5. The Morgan fingerprint density at radius 1 is 1.00 bits per heavy atom. The van der Waals surface area contributed by atoms with Gasteiger partial charge in [0, 0.05) is 5.56 Å². The van der Waals surface area contributed by atoms with Crippen molar-refractivity contribution in [1.82, 2.24) is 9.97 Å². The van der Waals surface area contributed by atoms with E-state index in [2.05, 4.69) is 16.0 Å². The minimum absolute atomic E-state index is 0.345. The first-order chi connectivity index (χ1) is 15.2. The summed E-state index contributed by atoms with van der Waals surface area (Å²) in [4.78, 5) is 7.69. The molecule has 0 aliphatic carbocycles. The number of imidazole rings is 1. The van der Waals surface area contributed by atoms with Crippen LogP contribution in [0.4, 0.5) is 0 Å². The molecule has 0 amide bonds. The molecule has 0 aliphatic heterocycles. The van der Waals surface area contributed by atoms with E-state index in [0.717, 1.165) is 33.7 Å². The van der Waals surface area contributed by atoms with Gasteiger partial charge in [0.15, 0.2) is 0 Å². The molecule has 6 nitrogen and oxygen atoms in total. The monoisotopic (exact) mass is 411 g/mol. The summed E-state index contributed by atoms with van der Waals surface area (Å²) >= 11 is 0. The van der Waals surface area contributed by atoms with E-state index in [0.29, 0.717) is 23.8 Å². The highest BCUT2D eigenvalue weighted by molar-refractivity contribution is 5.90. The molecular weight excluding hydrogens is 390 g/mol. The number of para-hydroxylation sites is 2. The molecule has 3 aromatic carbocycles. The van der Waals surface area contributed by atoms with Crippen molar-refractivity contribution in [3.05, 3.63) is 83.7 Å². The molecule has 0 fully saturated rings.